The zero-order chi connectivity index (χ0) is 29.1. The number of hydrogen-bond donors (Lipinski definition) is 2. The Kier molecular flexibility index (Phi) is 7.75. The first-order chi connectivity index (χ1) is 19.7. The first kappa shape index (κ1) is 27.8. The van der Waals surface area contributed by atoms with Crippen LogP contribution in [0.5, 0.6) is 0 Å². The smallest absolute Gasteiger partial charge is 0.269 e. The van der Waals surface area contributed by atoms with Crippen LogP contribution in [0.3, 0.4) is 0 Å². The number of nitrogen functional groups attached to an aromatic ring is 1. The molecule has 2 aromatic carbocycles. The summed E-state index contributed by atoms with van der Waals surface area (Å²) in [6, 6.07) is 14.1. The van der Waals surface area contributed by atoms with Gasteiger partial charge in [-0.15, -0.1) is 0 Å². The number of sulfone groups is 1. The Morgan fingerprint density at radius 1 is 1.02 bits per heavy atom. The van der Waals surface area contributed by atoms with Gasteiger partial charge >= 0.3 is 0 Å². The number of pyridine rings is 1. The van der Waals surface area contributed by atoms with E-state index in [2.05, 4.69) is 20.3 Å². The van der Waals surface area contributed by atoms with Gasteiger partial charge in [-0.25, -0.2) is 22.8 Å². The van der Waals surface area contributed by atoms with E-state index in [-0.39, 0.29) is 27.5 Å². The molecule has 0 saturated heterocycles. The summed E-state index contributed by atoms with van der Waals surface area (Å²) in [7, 11) is -3.53. The lowest BCUT2D eigenvalue weighted by Crippen LogP contribution is -2.29. The molecule has 5 rings (SSSR count). The fraction of sp³-hybridized carbons (Fsp3) is 0.207. The number of nitrogens with zero attached hydrogens (tertiary/aromatic N) is 5. The van der Waals surface area contributed by atoms with Crippen LogP contribution in [0.2, 0.25) is 0 Å². The number of nitrogens with two attached hydrogens (primary N) is 1. The Bertz CT molecular complexity index is 1900. The lowest BCUT2D eigenvalue weighted by Gasteiger charge is -2.23. The van der Waals surface area contributed by atoms with Crippen molar-refractivity contribution >= 4 is 32.5 Å². The first-order valence-corrected chi connectivity index (χ1v) is 14.7. The van der Waals surface area contributed by atoms with E-state index in [9.17, 15) is 17.6 Å². The van der Waals surface area contributed by atoms with Gasteiger partial charge in [0.2, 0.25) is 5.95 Å². The maximum atomic E-state index is 14.8. The van der Waals surface area contributed by atoms with Gasteiger partial charge in [0.25, 0.3) is 5.56 Å². The van der Waals surface area contributed by atoms with Crippen molar-refractivity contribution < 1.29 is 12.8 Å². The molecule has 3 aromatic heterocycles. The predicted molar refractivity (Wildman–Crippen MR) is 156 cm³/mol. The van der Waals surface area contributed by atoms with E-state index < -0.39 is 27.3 Å². The minimum absolute atomic E-state index is 0.00930. The third-order valence-electron chi connectivity index (χ3n) is 6.58. The first-order valence-electron chi connectivity index (χ1n) is 13.1. The van der Waals surface area contributed by atoms with Crippen LogP contribution in [-0.4, -0.2) is 38.7 Å². The molecule has 0 saturated carbocycles. The second-order valence-electron chi connectivity index (χ2n) is 9.40. The van der Waals surface area contributed by atoms with Crippen LogP contribution in [0.4, 0.5) is 16.2 Å². The van der Waals surface area contributed by atoms with E-state index in [1.165, 1.54) is 41.4 Å². The van der Waals surface area contributed by atoms with Gasteiger partial charge in [-0.1, -0.05) is 38.1 Å². The van der Waals surface area contributed by atoms with Crippen molar-refractivity contribution in [3.63, 3.8) is 0 Å². The number of benzene rings is 2. The molecule has 41 heavy (non-hydrogen) atoms. The zero-order valence-corrected chi connectivity index (χ0v) is 23.3. The molecule has 0 spiro atoms. The van der Waals surface area contributed by atoms with Gasteiger partial charge in [0, 0.05) is 29.7 Å². The molecule has 0 aliphatic heterocycles. The molecule has 10 nitrogen and oxygen atoms in total. The number of hydrogen-bond acceptors (Lipinski definition) is 9. The number of para-hydroxylation sites is 1. The van der Waals surface area contributed by atoms with Crippen LogP contribution in [0.15, 0.2) is 82.9 Å². The van der Waals surface area contributed by atoms with Crippen LogP contribution in [0, 0.1) is 5.82 Å². The van der Waals surface area contributed by atoms with Crippen molar-refractivity contribution in [1.29, 1.82) is 0 Å². The van der Waals surface area contributed by atoms with E-state index in [1.54, 1.807) is 37.3 Å². The normalized spacial score (nSPS) is 12.4. The second-order valence-corrected chi connectivity index (χ2v) is 11.5. The number of nitrogens with one attached hydrogen (secondary N) is 1. The summed E-state index contributed by atoms with van der Waals surface area (Å²) in [5, 5.41) is 3.22. The monoisotopic (exact) mass is 573 g/mol. The average molecular weight is 574 g/mol. The maximum absolute atomic E-state index is 14.8. The summed E-state index contributed by atoms with van der Waals surface area (Å²) in [4.78, 5) is 31.2. The number of fused-ring (bicyclic) bond motifs is 1. The summed E-state index contributed by atoms with van der Waals surface area (Å²) in [6.07, 6.45) is 5.23. The van der Waals surface area contributed by atoms with E-state index in [0.29, 0.717) is 41.3 Å². The number of aromatic nitrogens is 5. The van der Waals surface area contributed by atoms with Gasteiger partial charge in [-0.05, 0) is 43.2 Å². The number of anilines is 2. The predicted octanol–water partition coefficient (Wildman–Crippen LogP) is 4.71. The molecule has 0 aliphatic rings. The van der Waals surface area contributed by atoms with Crippen LogP contribution >= 0.6 is 0 Å². The summed E-state index contributed by atoms with van der Waals surface area (Å²) >= 11 is 0. The molecule has 0 amide bonds. The van der Waals surface area contributed by atoms with Gasteiger partial charge in [-0.3, -0.25) is 14.3 Å². The molecule has 0 fully saturated rings. The van der Waals surface area contributed by atoms with E-state index in [1.807, 2.05) is 13.0 Å². The zero-order valence-electron chi connectivity index (χ0n) is 22.5. The van der Waals surface area contributed by atoms with E-state index >= 15 is 0 Å². The fourth-order valence-electron chi connectivity index (χ4n) is 4.62. The molecular formula is C29H28FN7O3S. The highest BCUT2D eigenvalue weighted by atomic mass is 32.2. The Morgan fingerprint density at radius 2 is 1.80 bits per heavy atom. The van der Waals surface area contributed by atoms with E-state index in [0.717, 1.165) is 0 Å². The quantitative estimate of drug-likeness (QED) is 0.256. The molecule has 3 N–H and O–H groups in total. The molecule has 1 unspecified atom stereocenters. The maximum Gasteiger partial charge on any atom is 0.269 e. The Balaban J connectivity index is 1.66. The Morgan fingerprint density at radius 3 is 2.54 bits per heavy atom. The molecule has 3 heterocycles. The van der Waals surface area contributed by atoms with Gasteiger partial charge in [-0.2, -0.15) is 4.98 Å². The lowest BCUT2D eigenvalue weighted by molar-refractivity contribution is 0.594. The summed E-state index contributed by atoms with van der Waals surface area (Å²) in [5.74, 6) is -0.0481. The SMILES string of the molecule is CCCS(=O)(=O)c1cncc(-c2cnc(N)nc2NC(CC)c2nc3cccc(F)c3c(=O)n2-c2ccccc2)c1. The van der Waals surface area contributed by atoms with Crippen molar-refractivity contribution in [3.8, 4) is 16.8 Å². The molecule has 1 atom stereocenters. The molecule has 0 bridgehead atoms. The molecular weight excluding hydrogens is 545 g/mol. The van der Waals surface area contributed by atoms with Gasteiger partial charge in [0.15, 0.2) is 9.84 Å². The topological polar surface area (TPSA) is 146 Å². The fourth-order valence-corrected chi connectivity index (χ4v) is 5.92. The molecule has 0 aliphatic carbocycles. The summed E-state index contributed by atoms with van der Waals surface area (Å²) in [6.45, 7) is 3.69. The van der Waals surface area contributed by atoms with E-state index in [4.69, 9.17) is 10.7 Å². The molecule has 5 aromatic rings. The van der Waals surface area contributed by atoms with Crippen LogP contribution < -0.4 is 16.6 Å². The third-order valence-corrected chi connectivity index (χ3v) is 8.47. The highest BCUT2D eigenvalue weighted by Gasteiger charge is 2.24. The van der Waals surface area contributed by atoms with Crippen molar-refractivity contribution in [2.45, 2.75) is 37.6 Å². The Labute approximate surface area is 236 Å². The Hall–Kier alpha value is -4.71. The second kappa shape index (κ2) is 11.4. The van der Waals surface area contributed by atoms with Crippen LogP contribution in [-0.2, 0) is 9.84 Å². The van der Waals surface area contributed by atoms with Crippen molar-refractivity contribution in [2.75, 3.05) is 16.8 Å². The minimum Gasteiger partial charge on any atom is -0.368 e. The summed E-state index contributed by atoms with van der Waals surface area (Å²) in [5.41, 5.74) is 7.07. The van der Waals surface area contributed by atoms with Crippen molar-refractivity contribution in [2.24, 2.45) is 0 Å². The third kappa shape index (κ3) is 5.50. The molecule has 0 radical (unpaired) electrons. The highest BCUT2D eigenvalue weighted by Crippen LogP contribution is 2.32. The standard InChI is InChI=1S/C29H28FN7O3S/c1-3-13-41(39,40)20-14-18(15-32-16-20)21-17-33-29(31)36-26(21)34-23(4-2)27-35-24-12-8-11-22(30)25(24)28(38)37(27)19-9-6-5-7-10-19/h5-12,14-17,23H,3-4,13H2,1-2H3,(H3,31,33,34,36). The molecule has 12 heteroatoms. The minimum atomic E-state index is -3.53. The van der Waals surface area contributed by atoms with Crippen LogP contribution in [0.25, 0.3) is 27.7 Å². The van der Waals surface area contributed by atoms with Crippen molar-refractivity contribution in [1.82, 2.24) is 24.5 Å². The van der Waals surface area contributed by atoms with Crippen molar-refractivity contribution in [3.05, 3.63) is 95.2 Å². The molecule has 210 valence electrons. The van der Waals surface area contributed by atoms with Crippen LogP contribution in [0.1, 0.15) is 38.6 Å². The van der Waals surface area contributed by atoms with Gasteiger partial charge < -0.3 is 11.1 Å². The number of rotatable bonds is 9. The lowest BCUT2D eigenvalue weighted by atomic mass is 10.1. The van der Waals surface area contributed by atoms with Gasteiger partial charge in [0.05, 0.1) is 27.9 Å². The largest absolute Gasteiger partial charge is 0.368 e. The average Bonchev–Trinajstić information content (AvgIpc) is 2.96. The number of halogens is 1. The highest BCUT2D eigenvalue weighted by molar-refractivity contribution is 7.91. The van der Waals surface area contributed by atoms with Gasteiger partial charge in [0.1, 0.15) is 22.8 Å². The summed E-state index contributed by atoms with van der Waals surface area (Å²) < 4.78 is 41.6.